The van der Waals surface area contributed by atoms with Gasteiger partial charge in [-0.3, -0.25) is 14.6 Å². The molecule has 7 nitrogen and oxygen atoms in total. The molecule has 0 radical (unpaired) electrons. The molecule has 28 heavy (non-hydrogen) atoms. The standard InChI is InChI=1S/C21H26N4O3/c1-20(2,3)12-24-19(27)15-7-16(10-22-9-15)25-18-17(28-13-21(25,4)5)6-14(11-26)8-23-18/h6-11H,12-13H2,1-5H3,(H,24,27). The number of carbonyl (C=O) groups excluding carboxylic acids is 2. The molecule has 1 amide bonds. The average Bonchev–Trinajstić information content (AvgIpc) is 2.64. The first kappa shape index (κ1) is 19.8. The molecule has 148 valence electrons. The zero-order chi connectivity index (χ0) is 20.5. The predicted molar refractivity (Wildman–Crippen MR) is 107 cm³/mol. The van der Waals surface area contributed by atoms with Crippen LogP contribution >= 0.6 is 0 Å². The zero-order valence-electron chi connectivity index (χ0n) is 16.9. The molecule has 2 aromatic heterocycles. The number of ether oxygens (including phenoxy) is 1. The molecule has 0 saturated heterocycles. The third-order valence-corrected chi connectivity index (χ3v) is 4.41. The number of pyridine rings is 2. The first-order valence-corrected chi connectivity index (χ1v) is 9.22. The second-order valence-corrected chi connectivity index (χ2v) is 8.82. The van der Waals surface area contributed by atoms with Crippen molar-refractivity contribution in [1.82, 2.24) is 15.3 Å². The molecule has 1 aliphatic heterocycles. The van der Waals surface area contributed by atoms with E-state index in [2.05, 4.69) is 36.1 Å². The van der Waals surface area contributed by atoms with Crippen molar-refractivity contribution in [2.24, 2.45) is 5.41 Å². The molecule has 0 unspecified atom stereocenters. The van der Waals surface area contributed by atoms with E-state index in [1.165, 1.54) is 6.20 Å². The number of nitrogens with one attached hydrogen (secondary N) is 1. The Labute approximate surface area is 165 Å². The Balaban J connectivity index is 1.96. The first-order chi connectivity index (χ1) is 13.1. The van der Waals surface area contributed by atoms with Crippen molar-refractivity contribution in [3.8, 4) is 5.75 Å². The number of aromatic nitrogens is 2. The molecular weight excluding hydrogens is 356 g/mol. The summed E-state index contributed by atoms with van der Waals surface area (Å²) in [5.74, 6) is 0.960. The first-order valence-electron chi connectivity index (χ1n) is 9.22. The second-order valence-electron chi connectivity index (χ2n) is 8.82. The van der Waals surface area contributed by atoms with Crippen LogP contribution in [-0.2, 0) is 0 Å². The van der Waals surface area contributed by atoms with Crippen molar-refractivity contribution in [2.75, 3.05) is 18.1 Å². The third kappa shape index (κ3) is 4.13. The highest BCUT2D eigenvalue weighted by Crippen LogP contribution is 2.41. The lowest BCUT2D eigenvalue weighted by Gasteiger charge is -2.43. The van der Waals surface area contributed by atoms with Gasteiger partial charge in [0, 0.05) is 24.5 Å². The summed E-state index contributed by atoms with van der Waals surface area (Å²) < 4.78 is 5.82. The molecule has 0 bridgehead atoms. The van der Waals surface area contributed by atoms with Crippen LogP contribution in [-0.4, -0.2) is 40.9 Å². The summed E-state index contributed by atoms with van der Waals surface area (Å²) in [4.78, 5) is 34.3. The number of rotatable bonds is 4. The average molecular weight is 382 g/mol. The van der Waals surface area contributed by atoms with Crippen LogP contribution < -0.4 is 15.0 Å². The van der Waals surface area contributed by atoms with Gasteiger partial charge < -0.3 is 15.0 Å². The number of carbonyl (C=O) groups is 2. The lowest BCUT2D eigenvalue weighted by Crippen LogP contribution is -2.49. The molecule has 0 spiro atoms. The Morgan fingerprint density at radius 1 is 1.29 bits per heavy atom. The smallest absolute Gasteiger partial charge is 0.252 e. The molecule has 1 aliphatic rings. The van der Waals surface area contributed by atoms with E-state index in [-0.39, 0.29) is 11.3 Å². The van der Waals surface area contributed by atoms with Gasteiger partial charge in [0.15, 0.2) is 17.9 Å². The highest BCUT2D eigenvalue weighted by Gasteiger charge is 2.37. The Hall–Kier alpha value is -2.96. The summed E-state index contributed by atoms with van der Waals surface area (Å²) in [5.41, 5.74) is 1.25. The van der Waals surface area contributed by atoms with Gasteiger partial charge in [0.2, 0.25) is 0 Å². The molecule has 0 saturated carbocycles. The Morgan fingerprint density at radius 2 is 2.04 bits per heavy atom. The summed E-state index contributed by atoms with van der Waals surface area (Å²) in [6.07, 6.45) is 5.50. The molecule has 7 heteroatoms. The Bertz CT molecular complexity index is 903. The van der Waals surface area contributed by atoms with Crippen molar-refractivity contribution in [2.45, 2.75) is 40.2 Å². The SMILES string of the molecule is CC(C)(C)CNC(=O)c1cncc(N2c3ncc(C=O)cc3OCC2(C)C)c1. The molecule has 3 rings (SSSR count). The van der Waals surface area contributed by atoms with Crippen LogP contribution in [0.3, 0.4) is 0 Å². The van der Waals surface area contributed by atoms with Gasteiger partial charge in [-0.15, -0.1) is 0 Å². The molecule has 3 heterocycles. The summed E-state index contributed by atoms with van der Waals surface area (Å²) in [7, 11) is 0. The van der Waals surface area contributed by atoms with E-state index in [4.69, 9.17) is 4.74 Å². The Kier molecular flexibility index (Phi) is 5.10. The molecular formula is C21H26N4O3. The number of amides is 1. The van der Waals surface area contributed by atoms with Gasteiger partial charge >= 0.3 is 0 Å². The van der Waals surface area contributed by atoms with E-state index in [0.717, 1.165) is 12.0 Å². The quantitative estimate of drug-likeness (QED) is 0.816. The van der Waals surface area contributed by atoms with E-state index >= 15 is 0 Å². The predicted octanol–water partition coefficient (Wildman–Crippen LogP) is 3.37. The Morgan fingerprint density at radius 3 is 2.71 bits per heavy atom. The zero-order valence-corrected chi connectivity index (χ0v) is 16.9. The summed E-state index contributed by atoms with van der Waals surface area (Å²) >= 11 is 0. The van der Waals surface area contributed by atoms with Gasteiger partial charge in [-0.25, -0.2) is 4.98 Å². The van der Waals surface area contributed by atoms with Crippen LogP contribution in [0.25, 0.3) is 0 Å². The molecule has 0 aliphatic carbocycles. The van der Waals surface area contributed by atoms with Crippen molar-refractivity contribution in [3.05, 3.63) is 41.9 Å². The van der Waals surface area contributed by atoms with E-state index < -0.39 is 5.54 Å². The van der Waals surface area contributed by atoms with E-state index in [1.54, 1.807) is 24.5 Å². The topological polar surface area (TPSA) is 84.4 Å². The second kappa shape index (κ2) is 7.22. The van der Waals surface area contributed by atoms with Gasteiger partial charge in [0.05, 0.1) is 23.0 Å². The molecule has 2 aromatic rings. The van der Waals surface area contributed by atoms with Crippen molar-refractivity contribution in [3.63, 3.8) is 0 Å². The summed E-state index contributed by atoms with van der Waals surface area (Å²) in [6, 6.07) is 3.47. The lowest BCUT2D eigenvalue weighted by molar-refractivity contribution is 0.0938. The normalized spacial score (nSPS) is 15.4. The minimum absolute atomic E-state index is 0.00789. The lowest BCUT2D eigenvalue weighted by atomic mass is 9.97. The van der Waals surface area contributed by atoms with Crippen molar-refractivity contribution < 1.29 is 14.3 Å². The van der Waals surface area contributed by atoms with Crippen LogP contribution in [0, 0.1) is 5.41 Å². The monoisotopic (exact) mass is 382 g/mol. The number of anilines is 2. The fourth-order valence-corrected chi connectivity index (χ4v) is 2.99. The number of aldehydes is 1. The highest BCUT2D eigenvalue weighted by molar-refractivity contribution is 5.95. The van der Waals surface area contributed by atoms with Crippen LogP contribution in [0.15, 0.2) is 30.7 Å². The molecule has 0 fully saturated rings. The van der Waals surface area contributed by atoms with E-state index in [0.29, 0.717) is 35.8 Å². The van der Waals surface area contributed by atoms with E-state index in [9.17, 15) is 9.59 Å². The van der Waals surface area contributed by atoms with Gasteiger partial charge in [-0.05, 0) is 31.4 Å². The number of hydrogen-bond donors (Lipinski definition) is 1. The van der Waals surface area contributed by atoms with Crippen molar-refractivity contribution in [1.29, 1.82) is 0 Å². The third-order valence-electron chi connectivity index (χ3n) is 4.41. The minimum atomic E-state index is -0.412. The molecule has 1 N–H and O–H groups in total. The summed E-state index contributed by atoms with van der Waals surface area (Å²) in [5, 5.41) is 2.95. The van der Waals surface area contributed by atoms with Gasteiger partial charge in [-0.2, -0.15) is 0 Å². The fourth-order valence-electron chi connectivity index (χ4n) is 2.99. The number of hydrogen-bond acceptors (Lipinski definition) is 6. The molecule has 0 aromatic carbocycles. The largest absolute Gasteiger partial charge is 0.487 e. The number of fused-ring (bicyclic) bond motifs is 1. The maximum absolute atomic E-state index is 12.6. The van der Waals surface area contributed by atoms with Crippen LogP contribution in [0.1, 0.15) is 55.3 Å². The number of nitrogens with zero attached hydrogens (tertiary/aromatic N) is 3. The van der Waals surface area contributed by atoms with E-state index in [1.807, 2.05) is 18.7 Å². The van der Waals surface area contributed by atoms with Crippen molar-refractivity contribution >= 4 is 23.7 Å². The van der Waals surface area contributed by atoms with Gasteiger partial charge in [-0.1, -0.05) is 20.8 Å². The van der Waals surface area contributed by atoms with Gasteiger partial charge in [0.1, 0.15) is 6.61 Å². The van der Waals surface area contributed by atoms with Crippen LogP contribution in [0.4, 0.5) is 11.5 Å². The van der Waals surface area contributed by atoms with Gasteiger partial charge in [0.25, 0.3) is 5.91 Å². The van der Waals surface area contributed by atoms with Crippen LogP contribution in [0.2, 0.25) is 0 Å². The van der Waals surface area contributed by atoms with Crippen LogP contribution in [0.5, 0.6) is 5.75 Å². The summed E-state index contributed by atoms with van der Waals surface area (Å²) in [6.45, 7) is 11.2. The highest BCUT2D eigenvalue weighted by atomic mass is 16.5. The minimum Gasteiger partial charge on any atom is -0.487 e. The fraction of sp³-hybridized carbons (Fsp3) is 0.429. The maximum Gasteiger partial charge on any atom is 0.252 e. The molecule has 0 atom stereocenters. The maximum atomic E-state index is 12.6.